The number of rotatable bonds is 6. The van der Waals surface area contributed by atoms with E-state index in [1.807, 2.05) is 0 Å². The van der Waals surface area contributed by atoms with Gasteiger partial charge in [-0.05, 0) is 150 Å². The average Bonchev–Trinajstić information content (AvgIpc) is 4.12. The molecule has 0 amide bonds. The molecule has 72 heavy (non-hydrogen) atoms. The van der Waals surface area contributed by atoms with Gasteiger partial charge in [0.25, 0.3) is 0 Å². The predicted molar refractivity (Wildman–Crippen MR) is 300 cm³/mol. The lowest BCUT2D eigenvalue weighted by Gasteiger charge is -2.31. The average molecular weight is 917 g/mol. The normalized spacial score (nSPS) is 13.9. The first-order chi connectivity index (χ1) is 35.5. The van der Waals surface area contributed by atoms with Gasteiger partial charge in [-0.2, -0.15) is 0 Å². The number of anilines is 3. The zero-order valence-corrected chi connectivity index (χ0v) is 40.1. The van der Waals surface area contributed by atoms with Crippen LogP contribution in [0.15, 0.2) is 255 Å². The lowest BCUT2D eigenvalue weighted by atomic mass is 9.70. The van der Waals surface area contributed by atoms with Gasteiger partial charge in [0.05, 0.1) is 22.1 Å². The van der Waals surface area contributed by atoms with E-state index in [0.717, 1.165) is 17.1 Å². The number of hydrogen-bond acceptors (Lipinski definition) is 1. The van der Waals surface area contributed by atoms with E-state index in [1.165, 1.54) is 117 Å². The standard InChI is InChI=1S/C70H48N2/c1-69(2)60-26-12-6-21-52(60)56-40-38-50(44-64(56)69)71(49-36-32-45(33-37-49)46-35-41-68-59(42-46)58-25-11-17-31-67(58)72(68)48-18-4-3-5-19-48)66-30-16-10-20-51(66)47-34-39-57-55-24-9-15-29-63(55)70(65(57)43-47)61-27-13-7-22-53(61)54-23-8-14-28-62(54)70/h3-44H,1-2H3. The van der Waals surface area contributed by atoms with E-state index in [0.29, 0.717) is 0 Å². The van der Waals surface area contributed by atoms with Crippen LogP contribution in [-0.2, 0) is 10.8 Å². The fourth-order valence-corrected chi connectivity index (χ4v) is 13.2. The molecule has 12 aromatic rings. The van der Waals surface area contributed by atoms with Gasteiger partial charge in [-0.25, -0.2) is 0 Å². The number of benzene rings is 11. The lowest BCUT2D eigenvalue weighted by Crippen LogP contribution is -2.25. The molecule has 0 saturated heterocycles. The van der Waals surface area contributed by atoms with Gasteiger partial charge in [0.2, 0.25) is 0 Å². The van der Waals surface area contributed by atoms with Crippen LogP contribution in [0, 0.1) is 0 Å². The van der Waals surface area contributed by atoms with Crippen molar-refractivity contribution in [3.05, 3.63) is 288 Å². The van der Waals surface area contributed by atoms with Gasteiger partial charge in [0.15, 0.2) is 0 Å². The van der Waals surface area contributed by atoms with Crippen molar-refractivity contribution < 1.29 is 0 Å². The fourth-order valence-electron chi connectivity index (χ4n) is 13.2. The maximum atomic E-state index is 2.52. The van der Waals surface area contributed by atoms with E-state index < -0.39 is 5.41 Å². The molecule has 0 N–H and O–H groups in total. The summed E-state index contributed by atoms with van der Waals surface area (Å²) in [6, 6.07) is 95.3. The molecule has 338 valence electrons. The molecule has 0 fully saturated rings. The van der Waals surface area contributed by atoms with Crippen LogP contribution in [0.1, 0.15) is 47.2 Å². The summed E-state index contributed by atoms with van der Waals surface area (Å²) < 4.78 is 2.38. The molecule has 11 aromatic carbocycles. The van der Waals surface area contributed by atoms with Crippen LogP contribution in [0.2, 0.25) is 0 Å². The van der Waals surface area contributed by atoms with Gasteiger partial charge in [-0.1, -0.05) is 202 Å². The highest BCUT2D eigenvalue weighted by atomic mass is 15.1. The third-order valence-corrected chi connectivity index (χ3v) is 16.4. The first-order valence-electron chi connectivity index (χ1n) is 25.3. The summed E-state index contributed by atoms with van der Waals surface area (Å²) in [5.41, 5.74) is 27.1. The SMILES string of the molecule is CC1(C)c2ccccc2-c2ccc(N(c3ccc(-c4ccc5c(c4)c4ccccc4n5-c4ccccc4)cc3)c3ccccc3-c3ccc4c(c3)C3(c5ccccc5-c5ccccc53)c3ccccc3-4)cc21. The molecule has 2 heteroatoms. The van der Waals surface area contributed by atoms with Crippen molar-refractivity contribution in [1.29, 1.82) is 0 Å². The Balaban J connectivity index is 0.903. The Morgan fingerprint density at radius 3 is 1.49 bits per heavy atom. The lowest BCUT2D eigenvalue weighted by molar-refractivity contribution is 0.660. The maximum absolute atomic E-state index is 2.52. The number of fused-ring (bicyclic) bond motifs is 16. The number of hydrogen-bond donors (Lipinski definition) is 0. The van der Waals surface area contributed by atoms with Crippen molar-refractivity contribution in [1.82, 2.24) is 4.57 Å². The second-order valence-electron chi connectivity index (χ2n) is 20.4. The van der Waals surface area contributed by atoms with Crippen molar-refractivity contribution in [2.75, 3.05) is 4.90 Å². The molecule has 0 radical (unpaired) electrons. The summed E-state index contributed by atoms with van der Waals surface area (Å²) in [5.74, 6) is 0. The summed E-state index contributed by atoms with van der Waals surface area (Å²) in [6.45, 7) is 4.75. The smallest absolute Gasteiger partial charge is 0.0725 e. The maximum Gasteiger partial charge on any atom is 0.0725 e. The van der Waals surface area contributed by atoms with E-state index >= 15 is 0 Å². The highest BCUT2D eigenvalue weighted by molar-refractivity contribution is 6.10. The quantitative estimate of drug-likeness (QED) is 0.161. The zero-order chi connectivity index (χ0) is 47.7. The summed E-state index contributed by atoms with van der Waals surface area (Å²) in [4.78, 5) is 2.49. The molecule has 0 saturated carbocycles. The molecule has 1 aromatic heterocycles. The third kappa shape index (κ3) is 5.61. The summed E-state index contributed by atoms with van der Waals surface area (Å²) in [5, 5.41) is 2.50. The summed E-state index contributed by atoms with van der Waals surface area (Å²) in [6.07, 6.45) is 0. The molecule has 1 spiro atoms. The first-order valence-corrected chi connectivity index (χ1v) is 25.3. The minimum absolute atomic E-state index is 0.156. The van der Waals surface area contributed by atoms with Crippen LogP contribution >= 0.6 is 0 Å². The molecule has 3 aliphatic carbocycles. The minimum atomic E-state index is -0.431. The minimum Gasteiger partial charge on any atom is -0.310 e. The molecular weight excluding hydrogens is 869 g/mol. The molecule has 0 atom stereocenters. The van der Waals surface area contributed by atoms with Crippen LogP contribution in [-0.4, -0.2) is 4.57 Å². The van der Waals surface area contributed by atoms with E-state index in [-0.39, 0.29) is 5.41 Å². The van der Waals surface area contributed by atoms with Crippen molar-refractivity contribution in [2.45, 2.75) is 24.7 Å². The first kappa shape index (κ1) is 40.9. The number of aromatic nitrogens is 1. The van der Waals surface area contributed by atoms with Crippen LogP contribution < -0.4 is 4.90 Å². The van der Waals surface area contributed by atoms with Gasteiger partial charge < -0.3 is 9.47 Å². The van der Waals surface area contributed by atoms with E-state index in [1.54, 1.807) is 0 Å². The molecule has 15 rings (SSSR count). The van der Waals surface area contributed by atoms with Crippen molar-refractivity contribution in [3.63, 3.8) is 0 Å². The van der Waals surface area contributed by atoms with Crippen molar-refractivity contribution in [2.24, 2.45) is 0 Å². The Hall–Kier alpha value is -8.98. The van der Waals surface area contributed by atoms with Crippen molar-refractivity contribution in [3.8, 4) is 61.3 Å². The molecule has 2 nitrogen and oxygen atoms in total. The number of nitrogens with zero attached hydrogens (tertiary/aromatic N) is 2. The molecule has 0 unspecified atom stereocenters. The topological polar surface area (TPSA) is 8.17 Å². The number of para-hydroxylation sites is 3. The van der Waals surface area contributed by atoms with Crippen molar-refractivity contribution >= 4 is 38.9 Å². The second kappa shape index (κ2) is 15.3. The molecular formula is C70H48N2. The summed E-state index contributed by atoms with van der Waals surface area (Å²) >= 11 is 0. The van der Waals surface area contributed by atoms with Crippen LogP contribution in [0.5, 0.6) is 0 Å². The highest BCUT2D eigenvalue weighted by Gasteiger charge is 2.51. The Morgan fingerprint density at radius 1 is 0.306 bits per heavy atom. The largest absolute Gasteiger partial charge is 0.310 e. The van der Waals surface area contributed by atoms with E-state index in [4.69, 9.17) is 0 Å². The van der Waals surface area contributed by atoms with Gasteiger partial charge in [0.1, 0.15) is 0 Å². The highest BCUT2D eigenvalue weighted by Crippen LogP contribution is 2.63. The van der Waals surface area contributed by atoms with Gasteiger partial charge in [0, 0.05) is 38.8 Å². The zero-order valence-electron chi connectivity index (χ0n) is 40.1. The Bertz CT molecular complexity index is 4130. The molecule has 3 aliphatic rings. The fraction of sp³-hybridized carbons (Fsp3) is 0.0571. The molecule has 0 bridgehead atoms. The third-order valence-electron chi connectivity index (χ3n) is 16.4. The van der Waals surface area contributed by atoms with Gasteiger partial charge in [-0.15, -0.1) is 0 Å². The van der Waals surface area contributed by atoms with Gasteiger partial charge >= 0.3 is 0 Å². The Labute approximate surface area is 420 Å². The van der Waals surface area contributed by atoms with Crippen LogP contribution in [0.25, 0.3) is 83.1 Å². The van der Waals surface area contributed by atoms with Gasteiger partial charge in [-0.3, -0.25) is 0 Å². The molecule has 0 aliphatic heterocycles. The van der Waals surface area contributed by atoms with E-state index in [2.05, 4.69) is 278 Å². The van der Waals surface area contributed by atoms with E-state index in [9.17, 15) is 0 Å². The molecule has 1 heterocycles. The predicted octanol–water partition coefficient (Wildman–Crippen LogP) is 18.2. The Kier molecular flexibility index (Phi) is 8.66. The van der Waals surface area contributed by atoms with Crippen LogP contribution in [0.4, 0.5) is 17.1 Å². The van der Waals surface area contributed by atoms with Crippen LogP contribution in [0.3, 0.4) is 0 Å². The Morgan fingerprint density at radius 2 is 0.792 bits per heavy atom. The summed E-state index contributed by atoms with van der Waals surface area (Å²) in [7, 11) is 0. The monoisotopic (exact) mass is 916 g/mol. The second-order valence-corrected chi connectivity index (χ2v) is 20.4.